The van der Waals surface area contributed by atoms with Crippen molar-refractivity contribution in [2.45, 2.75) is 19.5 Å². The molecule has 0 radical (unpaired) electrons. The van der Waals surface area contributed by atoms with Gasteiger partial charge in [-0.05, 0) is 6.07 Å². The number of methoxy groups -OCH3 is 1. The number of primary amides is 1. The van der Waals surface area contributed by atoms with Crippen molar-refractivity contribution in [3.63, 3.8) is 0 Å². The van der Waals surface area contributed by atoms with Crippen LogP contribution in [0.1, 0.15) is 17.3 Å². The van der Waals surface area contributed by atoms with Crippen LogP contribution < -0.4 is 5.73 Å². The summed E-state index contributed by atoms with van der Waals surface area (Å²) in [4.78, 5) is 39.7. The van der Waals surface area contributed by atoms with Crippen LogP contribution in [0.5, 0.6) is 0 Å². The molecule has 0 spiro atoms. The highest BCUT2D eigenvalue weighted by molar-refractivity contribution is 6.07. The van der Waals surface area contributed by atoms with Gasteiger partial charge < -0.3 is 24.8 Å². The van der Waals surface area contributed by atoms with Crippen LogP contribution in [-0.2, 0) is 20.9 Å². The minimum atomic E-state index is -0.804. The summed E-state index contributed by atoms with van der Waals surface area (Å²) in [6.07, 6.45) is 1.82. The highest BCUT2D eigenvalue weighted by atomic mass is 16.5. The van der Waals surface area contributed by atoms with Crippen molar-refractivity contribution in [1.82, 2.24) is 14.4 Å². The molecule has 2 aromatic rings. The molecule has 1 saturated heterocycles. The number of para-hydroxylation sites is 1. The van der Waals surface area contributed by atoms with E-state index in [0.717, 1.165) is 10.9 Å². The second kappa shape index (κ2) is 7.79. The van der Waals surface area contributed by atoms with Gasteiger partial charge in [0.15, 0.2) is 0 Å². The minimum absolute atomic E-state index is 0.103. The number of fused-ring (bicyclic) bond motifs is 1. The molecule has 0 saturated carbocycles. The van der Waals surface area contributed by atoms with E-state index in [1.807, 2.05) is 35.0 Å². The van der Waals surface area contributed by atoms with Crippen LogP contribution in [0, 0.1) is 0 Å². The Morgan fingerprint density at radius 3 is 2.63 bits per heavy atom. The average molecular weight is 372 g/mol. The first-order valence-electron chi connectivity index (χ1n) is 8.86. The molecule has 1 aliphatic rings. The molecule has 1 aromatic heterocycles. The Kier molecular flexibility index (Phi) is 5.46. The number of benzene rings is 1. The molecular formula is C19H24N4O4. The summed E-state index contributed by atoms with van der Waals surface area (Å²) in [5.74, 6) is -0.996. The zero-order chi connectivity index (χ0) is 19.6. The molecule has 3 rings (SSSR count). The topological polar surface area (TPSA) is 97.9 Å². The number of rotatable bonds is 5. The van der Waals surface area contributed by atoms with E-state index in [4.69, 9.17) is 10.5 Å². The molecule has 1 aliphatic heterocycles. The number of aromatic nitrogens is 1. The summed E-state index contributed by atoms with van der Waals surface area (Å²) in [5, 5.41) is 0.850. The summed E-state index contributed by atoms with van der Waals surface area (Å²) in [6, 6.07) is 6.88. The van der Waals surface area contributed by atoms with Gasteiger partial charge in [-0.2, -0.15) is 0 Å². The van der Waals surface area contributed by atoms with Crippen LogP contribution in [0.2, 0.25) is 0 Å². The summed E-state index contributed by atoms with van der Waals surface area (Å²) < 4.78 is 7.14. The standard InChI is InChI=1S/C19H24N4O4/c1-13(24)23-8-7-22(12-17(23)18(20)25)19(26)15-11-21(9-10-27-2)16-6-4-3-5-14(15)16/h3-6,11,17H,7-10,12H2,1-2H3,(H2,20,25). The number of amides is 3. The third-order valence-electron chi connectivity index (χ3n) is 4.96. The van der Waals surface area contributed by atoms with Crippen molar-refractivity contribution >= 4 is 28.6 Å². The summed E-state index contributed by atoms with van der Waals surface area (Å²) >= 11 is 0. The van der Waals surface area contributed by atoms with E-state index in [1.165, 1.54) is 11.8 Å². The molecule has 1 aromatic carbocycles. The van der Waals surface area contributed by atoms with Gasteiger partial charge in [0.1, 0.15) is 6.04 Å². The van der Waals surface area contributed by atoms with Crippen LogP contribution in [0.4, 0.5) is 0 Å². The van der Waals surface area contributed by atoms with E-state index >= 15 is 0 Å². The summed E-state index contributed by atoms with van der Waals surface area (Å²) in [6.45, 7) is 3.32. The van der Waals surface area contributed by atoms with Crippen molar-refractivity contribution in [2.24, 2.45) is 5.73 Å². The molecule has 1 fully saturated rings. The Labute approximate surface area is 157 Å². The largest absolute Gasteiger partial charge is 0.383 e. The molecule has 1 unspecified atom stereocenters. The molecule has 0 bridgehead atoms. The fourth-order valence-electron chi connectivity index (χ4n) is 3.55. The molecule has 1 atom stereocenters. The van der Waals surface area contributed by atoms with Gasteiger partial charge in [0.2, 0.25) is 11.8 Å². The van der Waals surface area contributed by atoms with Crippen LogP contribution in [0.15, 0.2) is 30.5 Å². The molecule has 2 heterocycles. The fraction of sp³-hybridized carbons (Fsp3) is 0.421. The Morgan fingerprint density at radius 2 is 1.96 bits per heavy atom. The molecule has 8 nitrogen and oxygen atoms in total. The highest BCUT2D eigenvalue weighted by Crippen LogP contribution is 2.24. The van der Waals surface area contributed by atoms with Crippen LogP contribution in [0.25, 0.3) is 10.9 Å². The molecule has 0 aliphatic carbocycles. The highest BCUT2D eigenvalue weighted by Gasteiger charge is 2.35. The normalized spacial score (nSPS) is 17.3. The number of carbonyl (C=O) groups is 3. The zero-order valence-electron chi connectivity index (χ0n) is 15.6. The van der Waals surface area contributed by atoms with Gasteiger partial charge in [0.05, 0.1) is 18.7 Å². The maximum atomic E-state index is 13.2. The van der Waals surface area contributed by atoms with E-state index in [-0.39, 0.29) is 24.9 Å². The first-order valence-corrected chi connectivity index (χ1v) is 8.86. The van der Waals surface area contributed by atoms with Gasteiger partial charge in [-0.1, -0.05) is 18.2 Å². The predicted molar refractivity (Wildman–Crippen MR) is 100 cm³/mol. The van der Waals surface area contributed by atoms with Gasteiger partial charge in [-0.15, -0.1) is 0 Å². The SMILES string of the molecule is COCCn1cc(C(=O)N2CCN(C(C)=O)C(C(N)=O)C2)c2ccccc21. The lowest BCUT2D eigenvalue weighted by Gasteiger charge is -2.39. The zero-order valence-corrected chi connectivity index (χ0v) is 15.6. The maximum absolute atomic E-state index is 13.2. The lowest BCUT2D eigenvalue weighted by atomic mass is 10.1. The van der Waals surface area contributed by atoms with Gasteiger partial charge in [0, 0.05) is 50.8 Å². The lowest BCUT2D eigenvalue weighted by Crippen LogP contribution is -2.60. The third kappa shape index (κ3) is 3.66. The lowest BCUT2D eigenvalue weighted by molar-refractivity contribution is -0.140. The van der Waals surface area contributed by atoms with E-state index in [1.54, 1.807) is 12.0 Å². The first-order chi connectivity index (χ1) is 12.9. The van der Waals surface area contributed by atoms with Crippen molar-refractivity contribution in [3.8, 4) is 0 Å². The van der Waals surface area contributed by atoms with Crippen molar-refractivity contribution < 1.29 is 19.1 Å². The summed E-state index contributed by atoms with van der Waals surface area (Å²) in [5.41, 5.74) is 6.98. The molecule has 2 N–H and O–H groups in total. The maximum Gasteiger partial charge on any atom is 0.256 e. The van der Waals surface area contributed by atoms with Crippen molar-refractivity contribution in [3.05, 3.63) is 36.0 Å². The number of hydrogen-bond acceptors (Lipinski definition) is 4. The molecule has 144 valence electrons. The molecule has 8 heteroatoms. The van der Waals surface area contributed by atoms with Gasteiger partial charge in [-0.25, -0.2) is 0 Å². The fourth-order valence-corrected chi connectivity index (χ4v) is 3.55. The number of nitrogens with two attached hydrogens (primary N) is 1. The number of nitrogens with zero attached hydrogens (tertiary/aromatic N) is 3. The Bertz CT molecular complexity index is 876. The Hall–Kier alpha value is -2.87. The molecule has 27 heavy (non-hydrogen) atoms. The summed E-state index contributed by atoms with van der Waals surface area (Å²) in [7, 11) is 1.64. The van der Waals surface area contributed by atoms with Crippen molar-refractivity contribution in [1.29, 1.82) is 0 Å². The quantitative estimate of drug-likeness (QED) is 0.824. The van der Waals surface area contributed by atoms with Crippen LogP contribution in [-0.4, -0.2) is 71.5 Å². The third-order valence-corrected chi connectivity index (χ3v) is 4.96. The van der Waals surface area contributed by atoms with E-state index in [2.05, 4.69) is 0 Å². The number of carbonyl (C=O) groups excluding carboxylic acids is 3. The Balaban J connectivity index is 1.90. The average Bonchev–Trinajstić information content (AvgIpc) is 3.04. The first kappa shape index (κ1) is 18.9. The smallest absolute Gasteiger partial charge is 0.256 e. The Morgan fingerprint density at radius 1 is 1.22 bits per heavy atom. The molecule has 3 amide bonds. The van der Waals surface area contributed by atoms with E-state index < -0.39 is 11.9 Å². The molecular weight excluding hydrogens is 348 g/mol. The number of piperazine rings is 1. The van der Waals surface area contributed by atoms with Gasteiger partial charge in [0.25, 0.3) is 5.91 Å². The van der Waals surface area contributed by atoms with Crippen molar-refractivity contribution in [2.75, 3.05) is 33.4 Å². The number of hydrogen-bond donors (Lipinski definition) is 1. The van der Waals surface area contributed by atoms with Gasteiger partial charge in [-0.3, -0.25) is 14.4 Å². The van der Waals surface area contributed by atoms with Crippen LogP contribution in [0.3, 0.4) is 0 Å². The van der Waals surface area contributed by atoms with Gasteiger partial charge >= 0.3 is 0 Å². The monoisotopic (exact) mass is 372 g/mol. The minimum Gasteiger partial charge on any atom is -0.383 e. The van der Waals surface area contributed by atoms with E-state index in [0.29, 0.717) is 25.3 Å². The van der Waals surface area contributed by atoms with Crippen LogP contribution >= 0.6 is 0 Å². The number of ether oxygens (including phenoxy) is 1. The van der Waals surface area contributed by atoms with E-state index in [9.17, 15) is 14.4 Å². The second-order valence-electron chi connectivity index (χ2n) is 6.63. The predicted octanol–water partition coefficient (Wildman–Crippen LogP) is 0.446. The second-order valence-corrected chi connectivity index (χ2v) is 6.63.